The Hall–Kier alpha value is -2.76. The number of piperazine rings is 1. The number of carbonyl (C=O) groups is 3. The molecule has 1 saturated carbocycles. The van der Waals surface area contributed by atoms with Crippen LogP contribution in [0, 0.1) is 17.6 Å². The smallest absolute Gasteiger partial charge is 0.437 e. The fraction of sp³-hybridized carbons (Fsp3) is 0.591. The summed E-state index contributed by atoms with van der Waals surface area (Å²) in [4.78, 5) is 40.8. The normalized spacial score (nSPS) is 29.9. The molecule has 2 saturated heterocycles. The molecule has 2 amide bonds. The average Bonchev–Trinajstić information content (AvgIpc) is 2.76. The van der Waals surface area contributed by atoms with Crippen molar-refractivity contribution in [3.05, 3.63) is 35.4 Å². The van der Waals surface area contributed by atoms with Crippen LogP contribution in [0.15, 0.2) is 18.2 Å². The second kappa shape index (κ2) is 8.79. The highest BCUT2D eigenvalue weighted by Gasteiger charge is 2.66. The number of rotatable bonds is 4. The van der Waals surface area contributed by atoms with Gasteiger partial charge in [-0.15, -0.1) is 0 Å². The molecule has 0 bridgehead atoms. The fourth-order valence-electron chi connectivity index (χ4n) is 4.90. The zero-order valence-corrected chi connectivity index (χ0v) is 18.3. The van der Waals surface area contributed by atoms with Gasteiger partial charge < -0.3 is 14.5 Å². The molecule has 1 spiro atoms. The van der Waals surface area contributed by atoms with Gasteiger partial charge >= 0.3 is 12.1 Å². The third-order valence-electron chi connectivity index (χ3n) is 6.92. The van der Waals surface area contributed by atoms with Gasteiger partial charge in [-0.25, -0.2) is 13.6 Å². The monoisotopic (exact) mass is 489 g/mol. The predicted molar refractivity (Wildman–Crippen MR) is 107 cm³/mol. The largest absolute Gasteiger partial charge is 0.490 e. The van der Waals surface area contributed by atoms with E-state index in [4.69, 9.17) is 0 Å². The van der Waals surface area contributed by atoms with E-state index < -0.39 is 47.4 Å². The van der Waals surface area contributed by atoms with E-state index >= 15 is 0 Å². The molecule has 7 nitrogen and oxygen atoms in total. The van der Waals surface area contributed by atoms with Crippen LogP contribution in [0.4, 0.5) is 22.0 Å². The van der Waals surface area contributed by atoms with Crippen LogP contribution in [0.1, 0.15) is 38.2 Å². The van der Waals surface area contributed by atoms with Crippen molar-refractivity contribution in [2.75, 3.05) is 13.1 Å². The van der Waals surface area contributed by atoms with Gasteiger partial charge in [0, 0.05) is 19.1 Å². The van der Waals surface area contributed by atoms with Gasteiger partial charge in [0.05, 0.1) is 0 Å². The van der Waals surface area contributed by atoms with Crippen LogP contribution < -0.4 is 5.32 Å². The topological polar surface area (TPSA) is 79.0 Å². The summed E-state index contributed by atoms with van der Waals surface area (Å²) in [5.41, 5.74) is -1.79. The molecule has 1 aliphatic carbocycles. The van der Waals surface area contributed by atoms with E-state index in [1.165, 1.54) is 11.0 Å². The Balaban J connectivity index is 1.67. The summed E-state index contributed by atoms with van der Waals surface area (Å²) >= 11 is 0. The molecular weight excluding hydrogens is 465 g/mol. The summed E-state index contributed by atoms with van der Waals surface area (Å²) in [6, 6.07) is 2.64. The molecule has 1 aromatic carbocycles. The minimum atomic E-state index is -5.30. The predicted octanol–water partition coefficient (Wildman–Crippen LogP) is 2.49. The second-order valence-electron chi connectivity index (χ2n) is 9.16. The summed E-state index contributed by atoms with van der Waals surface area (Å²) < 4.78 is 70.3. The molecule has 34 heavy (non-hydrogen) atoms. The van der Waals surface area contributed by atoms with Gasteiger partial charge in [-0.1, -0.05) is 13.0 Å². The van der Waals surface area contributed by atoms with Gasteiger partial charge in [-0.05, 0) is 49.3 Å². The van der Waals surface area contributed by atoms with Crippen LogP contribution in [-0.2, 0) is 25.7 Å². The average molecular weight is 489 g/mol. The van der Waals surface area contributed by atoms with Gasteiger partial charge in [0.15, 0.2) is 23.4 Å². The molecule has 2 heterocycles. The number of hydrogen-bond acceptors (Lipinski definition) is 5. The highest BCUT2D eigenvalue weighted by atomic mass is 19.4. The minimum Gasteiger partial charge on any atom is -0.437 e. The molecule has 2 atom stereocenters. The van der Waals surface area contributed by atoms with Crippen LogP contribution in [0.5, 0.6) is 0 Å². The van der Waals surface area contributed by atoms with Crippen molar-refractivity contribution >= 4 is 17.8 Å². The van der Waals surface area contributed by atoms with E-state index in [0.29, 0.717) is 18.8 Å². The lowest BCUT2D eigenvalue weighted by atomic mass is 9.80. The van der Waals surface area contributed by atoms with E-state index in [1.54, 1.807) is 0 Å². The Morgan fingerprint density at radius 1 is 1.15 bits per heavy atom. The molecule has 2 aliphatic heterocycles. The summed E-state index contributed by atoms with van der Waals surface area (Å²) in [5.74, 6) is -5.55. The summed E-state index contributed by atoms with van der Waals surface area (Å²) in [6.07, 6.45) is -4.10. The molecule has 3 aliphatic rings. The van der Waals surface area contributed by atoms with Crippen molar-refractivity contribution in [2.45, 2.75) is 63.1 Å². The van der Waals surface area contributed by atoms with Crippen LogP contribution in [-0.4, -0.2) is 64.7 Å². The van der Waals surface area contributed by atoms with E-state index in [-0.39, 0.29) is 31.2 Å². The van der Waals surface area contributed by atoms with Crippen LogP contribution in [0.25, 0.3) is 0 Å². The molecule has 186 valence electrons. The van der Waals surface area contributed by atoms with Gasteiger partial charge in [-0.3, -0.25) is 14.9 Å². The lowest BCUT2D eigenvalue weighted by molar-refractivity contribution is -0.229. The highest BCUT2D eigenvalue weighted by Crippen LogP contribution is 2.39. The maximum absolute atomic E-state index is 13.8. The van der Waals surface area contributed by atoms with Crippen molar-refractivity contribution in [1.82, 2.24) is 15.1 Å². The van der Waals surface area contributed by atoms with E-state index in [2.05, 4.69) is 17.0 Å². The fourth-order valence-corrected chi connectivity index (χ4v) is 4.90. The van der Waals surface area contributed by atoms with E-state index in [9.17, 15) is 36.3 Å². The van der Waals surface area contributed by atoms with Crippen LogP contribution in [0.2, 0.25) is 0 Å². The number of carbonyl (C=O) groups excluding carboxylic acids is 3. The number of alkyl halides is 3. The SMILES string of the molecule is C[C@H]1CC[C@H](N2CC(=O)N(Cc3ccc(F)c(F)c3)C3(CNC3OC(=O)C(F)(F)F)C2=O)CC1. The number of nitrogens with zero attached hydrogens (tertiary/aromatic N) is 2. The maximum Gasteiger partial charge on any atom is 0.490 e. The van der Waals surface area contributed by atoms with E-state index in [1.807, 2.05) is 0 Å². The number of esters is 1. The lowest BCUT2D eigenvalue weighted by Crippen LogP contribution is -2.85. The molecule has 12 heteroatoms. The third kappa shape index (κ3) is 4.23. The molecular formula is C22H24F5N3O4. The second-order valence-corrected chi connectivity index (χ2v) is 9.16. The van der Waals surface area contributed by atoms with Gasteiger partial charge in [0.2, 0.25) is 5.91 Å². The Kier molecular flexibility index (Phi) is 6.30. The van der Waals surface area contributed by atoms with Crippen molar-refractivity contribution in [2.24, 2.45) is 5.92 Å². The van der Waals surface area contributed by atoms with Crippen molar-refractivity contribution < 1.29 is 41.1 Å². The van der Waals surface area contributed by atoms with E-state index in [0.717, 1.165) is 29.9 Å². The molecule has 0 aromatic heterocycles. The first-order valence-corrected chi connectivity index (χ1v) is 11.0. The van der Waals surface area contributed by atoms with Crippen molar-refractivity contribution in [1.29, 1.82) is 0 Å². The Labute approximate surface area is 192 Å². The Bertz CT molecular complexity index is 995. The first-order chi connectivity index (χ1) is 15.9. The first kappa shape index (κ1) is 24.4. The summed E-state index contributed by atoms with van der Waals surface area (Å²) in [5, 5.41) is 2.51. The van der Waals surface area contributed by atoms with Crippen molar-refractivity contribution in [3.8, 4) is 0 Å². The van der Waals surface area contributed by atoms with Gasteiger partial charge in [0.1, 0.15) is 6.54 Å². The number of benzene rings is 1. The first-order valence-electron chi connectivity index (χ1n) is 11.0. The molecule has 2 unspecified atom stereocenters. The van der Waals surface area contributed by atoms with Crippen molar-refractivity contribution in [3.63, 3.8) is 0 Å². The maximum atomic E-state index is 13.8. The van der Waals surface area contributed by atoms with Gasteiger partial charge in [-0.2, -0.15) is 13.2 Å². The zero-order valence-electron chi connectivity index (χ0n) is 18.3. The molecule has 1 N–H and O–H groups in total. The van der Waals surface area contributed by atoms with Crippen LogP contribution in [0.3, 0.4) is 0 Å². The Morgan fingerprint density at radius 3 is 2.38 bits per heavy atom. The summed E-state index contributed by atoms with van der Waals surface area (Å²) in [7, 11) is 0. The molecule has 3 fully saturated rings. The number of amides is 2. The number of ether oxygens (including phenoxy) is 1. The standard InChI is InChI=1S/C22H24F5N3O4/c1-12-2-5-14(6-3-12)29-10-17(31)30(9-13-4-7-15(23)16(24)8-13)21(19(29)32)11-28-18(21)34-20(33)22(25,26)27/h4,7-8,12,14,18,28H,2-3,5-6,9-11H2,1H3/t12-,14-,18?,21?. The quantitative estimate of drug-likeness (QED) is 0.520. The van der Waals surface area contributed by atoms with Crippen LogP contribution >= 0.6 is 0 Å². The van der Waals surface area contributed by atoms with Gasteiger partial charge in [0.25, 0.3) is 5.91 Å². The summed E-state index contributed by atoms with van der Waals surface area (Å²) in [6.45, 7) is 1.14. The molecule has 4 rings (SSSR count). The number of halogens is 5. The number of nitrogens with one attached hydrogen (secondary N) is 1. The highest BCUT2D eigenvalue weighted by molar-refractivity contribution is 6.00. The zero-order chi connectivity index (χ0) is 24.8. The lowest BCUT2D eigenvalue weighted by Gasteiger charge is -2.58. The number of hydrogen-bond donors (Lipinski definition) is 1. The molecule has 0 radical (unpaired) electrons. The Morgan fingerprint density at radius 2 is 1.82 bits per heavy atom. The minimum absolute atomic E-state index is 0.132. The third-order valence-corrected chi connectivity index (χ3v) is 6.92. The molecule has 1 aromatic rings.